The average molecular weight is 251 g/mol. The Hall–Kier alpha value is 1.75. The summed E-state index contributed by atoms with van der Waals surface area (Å²) in [5.74, 6) is 0. The molecule has 0 saturated heterocycles. The quantitative estimate of drug-likeness (QED) is 0.316. The molecule has 0 aliphatic carbocycles. The first kappa shape index (κ1) is 15.9. The second kappa shape index (κ2) is 5.88. The van der Waals surface area contributed by atoms with Crippen LogP contribution in [-0.2, 0) is 4.57 Å². The van der Waals surface area contributed by atoms with Crippen LogP contribution in [0.2, 0.25) is 0 Å². The molecule has 0 aromatic heterocycles. The van der Waals surface area contributed by atoms with Crippen molar-refractivity contribution in [3.8, 4) is 0 Å². The zero-order valence-electron chi connectivity index (χ0n) is 2.20. The van der Waals surface area contributed by atoms with E-state index in [1.54, 1.807) is 0 Å². The van der Waals surface area contributed by atoms with E-state index in [2.05, 4.69) is 0 Å². The molecule has 0 spiro atoms. The van der Waals surface area contributed by atoms with Gasteiger partial charge < -0.3 is 14.7 Å². The molecule has 4 nitrogen and oxygen atoms in total. The molecule has 7 heavy (non-hydrogen) atoms. The summed E-state index contributed by atoms with van der Waals surface area (Å²) in [6.07, 6.45) is 0. The van der Waals surface area contributed by atoms with Gasteiger partial charge in [-0.05, 0) is 0 Å². The van der Waals surface area contributed by atoms with Crippen molar-refractivity contribution in [2.75, 3.05) is 0 Å². The van der Waals surface area contributed by atoms with Gasteiger partial charge in [-0.3, -0.25) is 0 Å². The van der Waals surface area contributed by atoms with Crippen molar-refractivity contribution in [3.63, 3.8) is 0 Å². The first-order chi connectivity index (χ1) is 2.00. The van der Waals surface area contributed by atoms with E-state index < -0.39 is 7.82 Å². The Labute approximate surface area is 83.2 Å². The summed E-state index contributed by atoms with van der Waals surface area (Å²) in [6, 6.07) is 0. The molecule has 0 aromatic carbocycles. The van der Waals surface area contributed by atoms with E-state index in [9.17, 15) is 0 Å². The van der Waals surface area contributed by atoms with Crippen molar-refractivity contribution in [2.24, 2.45) is 0 Å². The molecule has 0 aromatic rings. The molecule has 0 radical (unpaired) electrons. The van der Waals surface area contributed by atoms with E-state index in [4.69, 9.17) is 19.2 Å². The van der Waals surface area contributed by atoms with Gasteiger partial charge in [0.25, 0.3) is 0 Å². The Morgan fingerprint density at radius 3 is 1.14 bits per heavy atom. The third-order valence-corrected chi connectivity index (χ3v) is 0. The summed E-state index contributed by atoms with van der Waals surface area (Å²) in [4.78, 5) is 21.6. The van der Waals surface area contributed by atoms with Crippen molar-refractivity contribution < 1.29 is 19.2 Å². The number of hydrogen-bond donors (Lipinski definition) is 3. The summed E-state index contributed by atoms with van der Waals surface area (Å²) >= 11 is 0. The Morgan fingerprint density at radius 1 is 1.14 bits per heavy atom. The molecular formula is H8BBaO4P. The van der Waals surface area contributed by atoms with Crippen LogP contribution in [0, 0.1) is 0 Å². The second-order valence-electron chi connectivity index (χ2n) is 0.513. The van der Waals surface area contributed by atoms with Crippen LogP contribution in [0.4, 0.5) is 0 Å². The predicted molar refractivity (Wildman–Crippen MR) is 32.7 cm³/mol. The summed E-state index contributed by atoms with van der Waals surface area (Å²) in [5, 5.41) is 0. The van der Waals surface area contributed by atoms with Crippen LogP contribution in [0.3, 0.4) is 0 Å². The van der Waals surface area contributed by atoms with Crippen LogP contribution in [0.1, 0.15) is 0 Å². The average Bonchev–Trinajstić information content (AvgIpc) is 0.722. The zero-order chi connectivity index (χ0) is 4.50. The first-order valence-electron chi connectivity index (χ1n) is 0.783. The van der Waals surface area contributed by atoms with Gasteiger partial charge in [0.05, 0.1) is 8.41 Å². The molecule has 0 atom stereocenters. The van der Waals surface area contributed by atoms with Crippen LogP contribution in [-0.4, -0.2) is 72.0 Å². The molecule has 0 fully saturated rings. The van der Waals surface area contributed by atoms with Crippen molar-refractivity contribution >= 4 is 65.1 Å². The van der Waals surface area contributed by atoms with Gasteiger partial charge in [-0.25, -0.2) is 4.57 Å². The maximum absolute atomic E-state index is 8.88. The maximum atomic E-state index is 8.88. The SMILES string of the molecule is B.O=P(O)(O)O.[BaH2]. The van der Waals surface area contributed by atoms with Crippen LogP contribution in [0.5, 0.6) is 0 Å². The van der Waals surface area contributed by atoms with Crippen LogP contribution < -0.4 is 0 Å². The van der Waals surface area contributed by atoms with E-state index >= 15 is 0 Å². The summed E-state index contributed by atoms with van der Waals surface area (Å²) < 4.78 is 8.88. The molecule has 0 bridgehead atoms. The fourth-order valence-electron chi connectivity index (χ4n) is 0. The fourth-order valence-corrected chi connectivity index (χ4v) is 0. The minimum atomic E-state index is -4.64. The molecule has 0 saturated carbocycles. The van der Waals surface area contributed by atoms with E-state index in [1.807, 2.05) is 0 Å². The predicted octanol–water partition coefficient (Wildman–Crippen LogP) is -3.03. The number of phosphoric acid groups is 1. The minimum absolute atomic E-state index is 0. The van der Waals surface area contributed by atoms with Gasteiger partial charge in [-0.2, -0.15) is 0 Å². The standard InChI is InChI=1S/BH3.Ba.H3O4P.2H/c;;1-5(2,3)4;;/h1H3;;(H3,1,2,3,4);;. The van der Waals surface area contributed by atoms with Gasteiger partial charge in [0, 0.05) is 0 Å². The van der Waals surface area contributed by atoms with Gasteiger partial charge in [-0.1, -0.05) is 0 Å². The molecule has 0 aliphatic rings. The third-order valence-electron chi connectivity index (χ3n) is 0. The molecule has 0 unspecified atom stereocenters. The first-order valence-corrected chi connectivity index (χ1v) is 2.35. The molecular weight excluding hydrogens is 243 g/mol. The van der Waals surface area contributed by atoms with Crippen LogP contribution >= 0.6 is 7.82 Å². The Kier molecular flexibility index (Phi) is 13.3. The second-order valence-corrected chi connectivity index (χ2v) is 1.54. The molecule has 3 N–H and O–H groups in total. The third kappa shape index (κ3) is 83.9. The van der Waals surface area contributed by atoms with Gasteiger partial charge in [-0.15, -0.1) is 0 Å². The Bertz CT molecular complexity index is 57.8. The van der Waals surface area contributed by atoms with E-state index in [-0.39, 0.29) is 57.3 Å². The van der Waals surface area contributed by atoms with Gasteiger partial charge in [0.15, 0.2) is 0 Å². The molecule has 7 heteroatoms. The van der Waals surface area contributed by atoms with Gasteiger partial charge >= 0.3 is 56.7 Å². The molecule has 0 aliphatic heterocycles. The topological polar surface area (TPSA) is 77.8 Å². The number of rotatable bonds is 0. The van der Waals surface area contributed by atoms with E-state index in [0.717, 1.165) is 0 Å². The molecule has 42 valence electrons. The summed E-state index contributed by atoms with van der Waals surface area (Å²) in [5.41, 5.74) is 0. The van der Waals surface area contributed by atoms with Crippen molar-refractivity contribution in [1.29, 1.82) is 0 Å². The Morgan fingerprint density at radius 2 is 1.14 bits per heavy atom. The van der Waals surface area contributed by atoms with Crippen LogP contribution in [0.15, 0.2) is 0 Å². The van der Waals surface area contributed by atoms with E-state index in [0.29, 0.717) is 0 Å². The van der Waals surface area contributed by atoms with E-state index in [1.165, 1.54) is 0 Å². The van der Waals surface area contributed by atoms with Crippen LogP contribution in [0.25, 0.3) is 0 Å². The van der Waals surface area contributed by atoms with Crippen molar-refractivity contribution in [3.05, 3.63) is 0 Å². The normalized spacial score (nSPS) is 8.43. The summed E-state index contributed by atoms with van der Waals surface area (Å²) in [6.45, 7) is 0. The zero-order valence-corrected chi connectivity index (χ0v) is 3.09. The Balaban J connectivity index is -0.0000000800. The number of hydrogen-bond acceptors (Lipinski definition) is 1. The molecule has 0 heterocycles. The molecule has 0 amide bonds. The fraction of sp³-hybridized carbons (Fsp3) is 0. The monoisotopic (exact) mass is 252 g/mol. The van der Waals surface area contributed by atoms with Crippen molar-refractivity contribution in [2.45, 2.75) is 0 Å². The molecule has 0 rings (SSSR count). The summed E-state index contributed by atoms with van der Waals surface area (Å²) in [7, 11) is -4.64. The van der Waals surface area contributed by atoms with Gasteiger partial charge in [0.1, 0.15) is 0 Å². The van der Waals surface area contributed by atoms with Crippen molar-refractivity contribution in [1.82, 2.24) is 0 Å². The van der Waals surface area contributed by atoms with Gasteiger partial charge in [0.2, 0.25) is 0 Å².